The summed E-state index contributed by atoms with van der Waals surface area (Å²) in [4.78, 5) is 16.4. The fourth-order valence-electron chi connectivity index (χ4n) is 2.61. The van der Waals surface area contributed by atoms with Crippen molar-refractivity contribution in [3.05, 3.63) is 41.3 Å². The van der Waals surface area contributed by atoms with Crippen molar-refractivity contribution in [1.82, 2.24) is 25.4 Å². The van der Waals surface area contributed by atoms with Gasteiger partial charge in [-0.25, -0.2) is 0 Å². The van der Waals surface area contributed by atoms with E-state index in [-0.39, 0.29) is 11.9 Å². The Morgan fingerprint density at radius 3 is 3.04 bits per heavy atom. The molecule has 0 spiro atoms. The molecule has 0 atom stereocenters. The number of nitrogens with zero attached hydrogens (tertiary/aromatic N) is 3. The predicted molar refractivity (Wildman–Crippen MR) is 86.9 cm³/mol. The highest BCUT2D eigenvalue weighted by molar-refractivity contribution is 6.02. The van der Waals surface area contributed by atoms with Gasteiger partial charge in [0.15, 0.2) is 0 Å². The minimum Gasteiger partial charge on any atom is -0.493 e. The van der Waals surface area contributed by atoms with Crippen LogP contribution in [0.3, 0.4) is 0 Å². The zero-order valence-electron chi connectivity index (χ0n) is 13.1. The van der Waals surface area contributed by atoms with Gasteiger partial charge in [0.05, 0.1) is 12.3 Å². The lowest BCUT2D eigenvalue weighted by molar-refractivity contribution is 0.102. The maximum absolute atomic E-state index is 12.2. The van der Waals surface area contributed by atoms with Gasteiger partial charge in [-0.05, 0) is 29.8 Å². The highest BCUT2D eigenvalue weighted by Crippen LogP contribution is 2.29. The molecule has 122 valence electrons. The molecule has 8 nitrogen and oxygen atoms in total. The van der Waals surface area contributed by atoms with E-state index in [4.69, 9.17) is 4.74 Å². The molecule has 0 saturated heterocycles. The van der Waals surface area contributed by atoms with Gasteiger partial charge in [-0.15, -0.1) is 5.10 Å². The number of rotatable bonds is 4. The maximum Gasteiger partial charge on any atom is 0.276 e. The number of aryl methyl sites for hydroxylation is 1. The number of anilines is 1. The molecule has 1 amide bonds. The molecule has 1 aliphatic heterocycles. The van der Waals surface area contributed by atoms with Gasteiger partial charge in [-0.1, -0.05) is 6.92 Å². The van der Waals surface area contributed by atoms with Gasteiger partial charge >= 0.3 is 0 Å². The van der Waals surface area contributed by atoms with Crippen molar-refractivity contribution >= 4 is 11.9 Å². The second kappa shape index (κ2) is 5.80. The zero-order valence-corrected chi connectivity index (χ0v) is 13.1. The number of aromatic amines is 2. The van der Waals surface area contributed by atoms with E-state index in [0.717, 1.165) is 35.5 Å². The number of benzene rings is 1. The van der Waals surface area contributed by atoms with Crippen molar-refractivity contribution in [2.45, 2.75) is 19.8 Å². The SMILES string of the molecule is CCc1nc(NC(=O)c2cc(-c3ccc4c(c3)CCO4)n[nH]2)n[nH]1. The van der Waals surface area contributed by atoms with Crippen LogP contribution in [-0.4, -0.2) is 37.9 Å². The molecule has 2 aromatic heterocycles. The number of ether oxygens (including phenoxy) is 1. The number of nitrogens with one attached hydrogen (secondary N) is 3. The summed E-state index contributed by atoms with van der Waals surface area (Å²) in [6, 6.07) is 7.63. The first-order chi connectivity index (χ1) is 11.7. The molecule has 0 fully saturated rings. The molecule has 3 N–H and O–H groups in total. The summed E-state index contributed by atoms with van der Waals surface area (Å²) in [7, 11) is 0. The van der Waals surface area contributed by atoms with Gasteiger partial charge in [0.1, 0.15) is 17.3 Å². The Morgan fingerprint density at radius 1 is 1.29 bits per heavy atom. The van der Waals surface area contributed by atoms with Crippen LogP contribution in [0.15, 0.2) is 24.3 Å². The molecule has 0 unspecified atom stereocenters. The molecule has 3 aromatic rings. The van der Waals surface area contributed by atoms with Gasteiger partial charge in [-0.2, -0.15) is 10.1 Å². The number of H-pyrrole nitrogens is 2. The van der Waals surface area contributed by atoms with Crippen LogP contribution >= 0.6 is 0 Å². The van der Waals surface area contributed by atoms with E-state index >= 15 is 0 Å². The lowest BCUT2D eigenvalue weighted by Crippen LogP contribution is -2.13. The summed E-state index contributed by atoms with van der Waals surface area (Å²) >= 11 is 0. The summed E-state index contributed by atoms with van der Waals surface area (Å²) < 4.78 is 5.50. The van der Waals surface area contributed by atoms with Crippen LogP contribution in [0.2, 0.25) is 0 Å². The Balaban J connectivity index is 1.52. The van der Waals surface area contributed by atoms with Crippen LogP contribution in [-0.2, 0) is 12.8 Å². The van der Waals surface area contributed by atoms with E-state index in [1.807, 2.05) is 25.1 Å². The van der Waals surface area contributed by atoms with Gasteiger partial charge in [-0.3, -0.25) is 20.3 Å². The van der Waals surface area contributed by atoms with Crippen molar-refractivity contribution in [2.75, 3.05) is 11.9 Å². The minimum atomic E-state index is -0.333. The van der Waals surface area contributed by atoms with E-state index in [9.17, 15) is 4.79 Å². The fraction of sp³-hybridized carbons (Fsp3) is 0.250. The molecule has 1 aromatic carbocycles. The van der Waals surface area contributed by atoms with Crippen LogP contribution in [0.5, 0.6) is 5.75 Å². The summed E-state index contributed by atoms with van der Waals surface area (Å²) in [6.45, 7) is 2.67. The monoisotopic (exact) mass is 324 g/mol. The van der Waals surface area contributed by atoms with E-state index in [1.54, 1.807) is 6.07 Å². The molecule has 4 rings (SSSR count). The van der Waals surface area contributed by atoms with Crippen molar-refractivity contribution in [2.24, 2.45) is 0 Å². The van der Waals surface area contributed by atoms with Crippen LogP contribution < -0.4 is 10.1 Å². The van der Waals surface area contributed by atoms with E-state index in [1.165, 1.54) is 0 Å². The lowest BCUT2D eigenvalue weighted by atomic mass is 10.1. The summed E-state index contributed by atoms with van der Waals surface area (Å²) in [5.41, 5.74) is 3.17. The number of amides is 1. The molecular weight excluding hydrogens is 308 g/mol. The normalized spacial score (nSPS) is 12.7. The molecule has 24 heavy (non-hydrogen) atoms. The number of aromatic nitrogens is 5. The molecular formula is C16H16N6O2. The quantitative estimate of drug-likeness (QED) is 0.679. The number of fused-ring (bicyclic) bond motifs is 1. The third kappa shape index (κ3) is 2.62. The first-order valence-corrected chi connectivity index (χ1v) is 7.77. The van der Waals surface area contributed by atoms with Crippen LogP contribution in [0.1, 0.15) is 28.8 Å². The van der Waals surface area contributed by atoms with E-state index in [0.29, 0.717) is 18.0 Å². The number of hydrogen-bond donors (Lipinski definition) is 3. The Labute approximate surface area is 137 Å². The smallest absolute Gasteiger partial charge is 0.276 e. The second-order valence-corrected chi connectivity index (χ2v) is 5.50. The molecule has 1 aliphatic rings. The second-order valence-electron chi connectivity index (χ2n) is 5.50. The van der Waals surface area contributed by atoms with Crippen LogP contribution in [0, 0.1) is 0 Å². The first kappa shape index (κ1) is 14.4. The van der Waals surface area contributed by atoms with Crippen LogP contribution in [0.25, 0.3) is 11.3 Å². The Kier molecular flexibility index (Phi) is 3.49. The van der Waals surface area contributed by atoms with Crippen molar-refractivity contribution in [3.8, 4) is 17.0 Å². The average molecular weight is 324 g/mol. The van der Waals surface area contributed by atoms with Gasteiger partial charge in [0.25, 0.3) is 5.91 Å². The zero-order chi connectivity index (χ0) is 16.5. The molecule has 0 saturated carbocycles. The summed E-state index contributed by atoms with van der Waals surface area (Å²) in [5.74, 6) is 1.56. The standard InChI is InChI=1S/C16H16N6O2/c1-2-14-17-16(22-21-14)18-15(23)12-8-11(19-20-12)9-3-4-13-10(7-9)5-6-24-13/h3-4,7-8H,2,5-6H2,1H3,(H,19,20)(H2,17,18,21,22,23). The number of carbonyl (C=O) groups is 1. The highest BCUT2D eigenvalue weighted by atomic mass is 16.5. The lowest BCUT2D eigenvalue weighted by Gasteiger charge is -2.00. The van der Waals surface area contributed by atoms with E-state index < -0.39 is 0 Å². The molecule has 8 heteroatoms. The van der Waals surface area contributed by atoms with Crippen molar-refractivity contribution in [3.63, 3.8) is 0 Å². The molecule has 0 radical (unpaired) electrons. The van der Waals surface area contributed by atoms with Crippen molar-refractivity contribution in [1.29, 1.82) is 0 Å². The summed E-state index contributed by atoms with van der Waals surface area (Å²) in [6.07, 6.45) is 1.62. The Hall–Kier alpha value is -3.16. The number of hydrogen-bond acceptors (Lipinski definition) is 5. The third-order valence-electron chi connectivity index (χ3n) is 3.90. The molecule has 0 aliphatic carbocycles. The van der Waals surface area contributed by atoms with Crippen molar-refractivity contribution < 1.29 is 9.53 Å². The van der Waals surface area contributed by atoms with Gasteiger partial charge in [0.2, 0.25) is 5.95 Å². The van der Waals surface area contributed by atoms with E-state index in [2.05, 4.69) is 30.7 Å². The first-order valence-electron chi connectivity index (χ1n) is 7.77. The summed E-state index contributed by atoms with van der Waals surface area (Å²) in [5, 5.41) is 16.3. The largest absolute Gasteiger partial charge is 0.493 e. The average Bonchev–Trinajstić information content (AvgIpc) is 3.33. The fourth-order valence-corrected chi connectivity index (χ4v) is 2.61. The molecule has 0 bridgehead atoms. The van der Waals surface area contributed by atoms with Gasteiger partial charge in [0, 0.05) is 18.4 Å². The third-order valence-corrected chi connectivity index (χ3v) is 3.90. The molecule has 3 heterocycles. The predicted octanol–water partition coefficient (Wildman–Crippen LogP) is 1.94. The highest BCUT2D eigenvalue weighted by Gasteiger charge is 2.16. The minimum absolute atomic E-state index is 0.252. The Bertz CT molecular complexity index is 898. The van der Waals surface area contributed by atoms with Crippen LogP contribution in [0.4, 0.5) is 5.95 Å². The Morgan fingerprint density at radius 2 is 2.21 bits per heavy atom. The number of carbonyl (C=O) groups excluding carboxylic acids is 1. The topological polar surface area (TPSA) is 109 Å². The maximum atomic E-state index is 12.2. The van der Waals surface area contributed by atoms with Gasteiger partial charge < -0.3 is 4.74 Å².